The maximum atomic E-state index is 12.3. The number of thiophene rings is 1. The second-order valence-electron chi connectivity index (χ2n) is 4.90. The smallest absolute Gasteiger partial charge is 0.328 e. The third-order valence-electron chi connectivity index (χ3n) is 3.49. The van der Waals surface area contributed by atoms with Gasteiger partial charge in [-0.05, 0) is 37.8 Å². The fourth-order valence-electron chi connectivity index (χ4n) is 1.99. The van der Waals surface area contributed by atoms with E-state index in [1.165, 1.54) is 30.3 Å². The van der Waals surface area contributed by atoms with Crippen LogP contribution in [0.15, 0.2) is 17.5 Å². The zero-order chi connectivity index (χ0) is 14.0. The standard InChI is InChI=1S/C14H17NO3S/c1-9(10-3-4-10)15(2)14(18)11-7-12(19-8-11)5-6-13(16)17/h5-10H,3-4H2,1-2H3,(H,16,17). The highest BCUT2D eigenvalue weighted by Gasteiger charge is 2.32. The van der Waals surface area contributed by atoms with Crippen molar-refractivity contribution in [3.63, 3.8) is 0 Å². The van der Waals surface area contributed by atoms with E-state index in [4.69, 9.17) is 5.11 Å². The van der Waals surface area contributed by atoms with Gasteiger partial charge in [0.25, 0.3) is 5.91 Å². The van der Waals surface area contributed by atoms with E-state index < -0.39 is 5.97 Å². The van der Waals surface area contributed by atoms with Crippen molar-refractivity contribution in [3.8, 4) is 0 Å². The largest absolute Gasteiger partial charge is 0.478 e. The maximum Gasteiger partial charge on any atom is 0.328 e. The van der Waals surface area contributed by atoms with Gasteiger partial charge in [0.15, 0.2) is 0 Å². The van der Waals surface area contributed by atoms with Gasteiger partial charge >= 0.3 is 5.97 Å². The van der Waals surface area contributed by atoms with E-state index in [-0.39, 0.29) is 11.9 Å². The van der Waals surface area contributed by atoms with Crippen LogP contribution in [0.5, 0.6) is 0 Å². The summed E-state index contributed by atoms with van der Waals surface area (Å²) in [7, 11) is 1.83. The predicted molar refractivity (Wildman–Crippen MR) is 75.3 cm³/mol. The van der Waals surface area contributed by atoms with Crippen molar-refractivity contribution in [1.29, 1.82) is 0 Å². The number of amides is 1. The Labute approximate surface area is 116 Å². The Hall–Kier alpha value is -1.62. The number of carbonyl (C=O) groups excluding carboxylic acids is 1. The van der Waals surface area contributed by atoms with Gasteiger partial charge in [-0.1, -0.05) is 0 Å². The summed E-state index contributed by atoms with van der Waals surface area (Å²) in [5, 5.41) is 10.3. The summed E-state index contributed by atoms with van der Waals surface area (Å²) in [5.74, 6) is -0.342. The first-order valence-corrected chi connectivity index (χ1v) is 7.13. The molecule has 4 nitrogen and oxygen atoms in total. The normalized spacial score (nSPS) is 16.5. The van der Waals surface area contributed by atoms with Gasteiger partial charge in [0.2, 0.25) is 0 Å². The molecule has 1 aromatic rings. The molecule has 0 radical (unpaired) electrons. The first kappa shape index (κ1) is 13.8. The van der Waals surface area contributed by atoms with Crippen LogP contribution in [-0.2, 0) is 4.79 Å². The number of carbonyl (C=O) groups is 2. The molecule has 1 saturated carbocycles. The molecule has 1 aromatic heterocycles. The molecular weight excluding hydrogens is 262 g/mol. The van der Waals surface area contributed by atoms with Gasteiger partial charge in [0, 0.05) is 29.4 Å². The average molecular weight is 279 g/mol. The van der Waals surface area contributed by atoms with E-state index in [1.807, 2.05) is 7.05 Å². The van der Waals surface area contributed by atoms with Crippen LogP contribution >= 0.6 is 11.3 Å². The summed E-state index contributed by atoms with van der Waals surface area (Å²) in [6, 6.07) is 2.01. The van der Waals surface area contributed by atoms with E-state index in [0.717, 1.165) is 11.0 Å². The van der Waals surface area contributed by atoms with Gasteiger partial charge in [0.1, 0.15) is 0 Å². The van der Waals surface area contributed by atoms with Crippen LogP contribution in [0.2, 0.25) is 0 Å². The zero-order valence-electron chi connectivity index (χ0n) is 11.0. The zero-order valence-corrected chi connectivity index (χ0v) is 11.8. The lowest BCUT2D eigenvalue weighted by atomic mass is 10.1. The summed E-state index contributed by atoms with van der Waals surface area (Å²) in [6.45, 7) is 2.08. The summed E-state index contributed by atoms with van der Waals surface area (Å²) in [4.78, 5) is 25.3. The molecule has 0 saturated heterocycles. The van der Waals surface area contributed by atoms with Gasteiger partial charge in [-0.15, -0.1) is 11.3 Å². The Morgan fingerprint density at radius 2 is 2.21 bits per heavy atom. The summed E-state index contributed by atoms with van der Waals surface area (Å²) >= 11 is 1.38. The Balaban J connectivity index is 2.04. The minimum atomic E-state index is -0.985. The van der Waals surface area contributed by atoms with Crippen molar-refractivity contribution < 1.29 is 14.7 Å². The van der Waals surface area contributed by atoms with Crippen molar-refractivity contribution in [3.05, 3.63) is 28.0 Å². The molecule has 102 valence electrons. The van der Waals surface area contributed by atoms with Crippen molar-refractivity contribution >= 4 is 29.3 Å². The third kappa shape index (κ3) is 3.44. The second kappa shape index (κ2) is 5.57. The fourth-order valence-corrected chi connectivity index (χ4v) is 2.76. The number of carboxylic acid groups (broad SMARTS) is 1. The van der Waals surface area contributed by atoms with Crippen molar-refractivity contribution in [1.82, 2.24) is 4.90 Å². The molecule has 0 bridgehead atoms. The molecule has 1 aliphatic carbocycles. The molecule has 1 unspecified atom stereocenters. The fraction of sp³-hybridized carbons (Fsp3) is 0.429. The van der Waals surface area contributed by atoms with E-state index >= 15 is 0 Å². The molecule has 1 aliphatic rings. The van der Waals surface area contributed by atoms with Crippen LogP contribution in [-0.4, -0.2) is 35.0 Å². The van der Waals surface area contributed by atoms with Gasteiger partial charge in [0.05, 0.1) is 5.56 Å². The van der Waals surface area contributed by atoms with Crippen LogP contribution in [0.4, 0.5) is 0 Å². The first-order valence-electron chi connectivity index (χ1n) is 6.25. The summed E-state index contributed by atoms with van der Waals surface area (Å²) in [5.41, 5.74) is 0.630. The van der Waals surface area contributed by atoms with Crippen LogP contribution in [0.3, 0.4) is 0 Å². The quantitative estimate of drug-likeness (QED) is 0.843. The molecule has 1 fully saturated rings. The number of hydrogen-bond acceptors (Lipinski definition) is 3. The number of carboxylic acids is 1. The van der Waals surface area contributed by atoms with E-state index in [2.05, 4.69) is 6.92 Å². The number of hydrogen-bond donors (Lipinski definition) is 1. The molecule has 0 aromatic carbocycles. The highest BCUT2D eigenvalue weighted by Crippen LogP contribution is 2.35. The molecule has 2 rings (SSSR count). The van der Waals surface area contributed by atoms with Gasteiger partial charge < -0.3 is 10.0 Å². The van der Waals surface area contributed by atoms with Crippen molar-refractivity contribution in [2.75, 3.05) is 7.05 Å². The summed E-state index contributed by atoms with van der Waals surface area (Å²) < 4.78 is 0. The first-order chi connectivity index (χ1) is 8.99. The molecule has 1 heterocycles. The Morgan fingerprint density at radius 3 is 2.79 bits per heavy atom. The van der Waals surface area contributed by atoms with Crippen LogP contribution in [0, 0.1) is 5.92 Å². The molecule has 5 heteroatoms. The lowest BCUT2D eigenvalue weighted by Crippen LogP contribution is -2.36. The maximum absolute atomic E-state index is 12.3. The second-order valence-corrected chi connectivity index (χ2v) is 5.85. The number of nitrogens with zero attached hydrogens (tertiary/aromatic N) is 1. The van der Waals surface area contributed by atoms with Crippen molar-refractivity contribution in [2.45, 2.75) is 25.8 Å². The number of aliphatic carboxylic acids is 1. The van der Waals surface area contributed by atoms with E-state index in [1.54, 1.807) is 16.3 Å². The third-order valence-corrected chi connectivity index (χ3v) is 4.39. The monoisotopic (exact) mass is 279 g/mol. The minimum Gasteiger partial charge on any atom is -0.478 e. The number of rotatable bonds is 5. The predicted octanol–water partition coefficient (Wildman–Crippen LogP) is 2.72. The lowest BCUT2D eigenvalue weighted by Gasteiger charge is -2.24. The average Bonchev–Trinajstić information content (AvgIpc) is 3.12. The van der Waals surface area contributed by atoms with Gasteiger partial charge in [-0.3, -0.25) is 4.79 Å². The lowest BCUT2D eigenvalue weighted by molar-refractivity contribution is -0.131. The summed E-state index contributed by atoms with van der Waals surface area (Å²) in [6.07, 6.45) is 4.99. The highest BCUT2D eigenvalue weighted by atomic mass is 32.1. The van der Waals surface area contributed by atoms with Crippen LogP contribution < -0.4 is 0 Å². The molecule has 1 amide bonds. The van der Waals surface area contributed by atoms with E-state index in [0.29, 0.717) is 11.5 Å². The molecule has 0 aliphatic heterocycles. The topological polar surface area (TPSA) is 57.6 Å². The molecule has 1 atom stereocenters. The van der Waals surface area contributed by atoms with Crippen LogP contribution in [0.25, 0.3) is 6.08 Å². The molecular formula is C14H17NO3S. The van der Waals surface area contributed by atoms with E-state index in [9.17, 15) is 9.59 Å². The molecule has 1 N–H and O–H groups in total. The Morgan fingerprint density at radius 1 is 1.53 bits per heavy atom. The van der Waals surface area contributed by atoms with Gasteiger partial charge in [-0.25, -0.2) is 4.79 Å². The minimum absolute atomic E-state index is 0.00521. The molecule has 0 spiro atoms. The SMILES string of the molecule is CC(C1CC1)N(C)C(=O)c1csc(C=CC(=O)O)c1. The van der Waals surface area contributed by atoms with Gasteiger partial charge in [-0.2, -0.15) is 0 Å². The van der Waals surface area contributed by atoms with Crippen LogP contribution in [0.1, 0.15) is 35.0 Å². The highest BCUT2D eigenvalue weighted by molar-refractivity contribution is 7.11. The molecule has 19 heavy (non-hydrogen) atoms. The Kier molecular flexibility index (Phi) is 4.04. The van der Waals surface area contributed by atoms with Crippen molar-refractivity contribution in [2.24, 2.45) is 5.92 Å². The Bertz CT molecular complexity index is 517.